The number of likely N-dealkylation sites (tertiary alicyclic amines) is 1. The molecular formula is C39H47N2O7PSSi. The van der Waals surface area contributed by atoms with Crippen molar-refractivity contribution in [2.45, 2.75) is 44.3 Å². The molecule has 1 aliphatic heterocycles. The summed E-state index contributed by atoms with van der Waals surface area (Å²) >= 11 is 0.882. The Hall–Kier alpha value is -4.15. The number of ether oxygens (including phenoxy) is 2. The fraction of sp³-hybridized carbons (Fsp3) is 0.308. The van der Waals surface area contributed by atoms with E-state index >= 15 is 0 Å². The van der Waals surface area contributed by atoms with E-state index in [0.29, 0.717) is 0 Å². The fourth-order valence-corrected chi connectivity index (χ4v) is 12.0. The van der Waals surface area contributed by atoms with Crippen LogP contribution in [-0.4, -0.2) is 73.5 Å². The first kappa shape index (κ1) is 39.6. The molecule has 1 heterocycles. The molecule has 9 nitrogen and oxygen atoms in total. The van der Waals surface area contributed by atoms with Gasteiger partial charge in [0.1, 0.15) is 24.0 Å². The number of nitrogens with zero attached hydrogens (tertiary/aromatic N) is 1. The van der Waals surface area contributed by atoms with E-state index in [4.69, 9.17) is 13.9 Å². The summed E-state index contributed by atoms with van der Waals surface area (Å²) in [7, 11) is -2.32. The molecule has 0 saturated carbocycles. The molecule has 3 aromatic rings. The SMILES string of the molecule is C=CCOC(=O)NCC(=O)S[C@@H]1[C@@H](CO[Si](C)(C)C(C)(C)C)C(=O)N1C(C(=O)OCC=C)=P(c1ccccc1)(c1ccccc1)c1ccccc1. The van der Waals surface area contributed by atoms with E-state index < -0.39 is 43.7 Å². The third-order valence-electron chi connectivity index (χ3n) is 9.04. The quantitative estimate of drug-likeness (QED) is 0.0682. The number of carbonyl (C=O) groups is 4. The molecule has 2 atom stereocenters. The molecule has 0 unspecified atom stereocenters. The zero-order chi connectivity index (χ0) is 37.2. The van der Waals surface area contributed by atoms with Crippen LogP contribution < -0.4 is 21.2 Å². The molecule has 1 fully saturated rings. The number of rotatable bonds is 15. The molecule has 1 aliphatic rings. The second-order valence-corrected chi connectivity index (χ2v) is 22.7. The van der Waals surface area contributed by atoms with Crippen LogP contribution in [0.5, 0.6) is 0 Å². The largest absolute Gasteiger partial charge is 0.457 e. The lowest BCUT2D eigenvalue weighted by atomic mass is 9.99. The minimum absolute atomic E-state index is 0.0136. The summed E-state index contributed by atoms with van der Waals surface area (Å²) in [5, 5.41) is 3.53. The Morgan fingerprint density at radius 3 is 1.76 bits per heavy atom. The van der Waals surface area contributed by atoms with Gasteiger partial charge in [0.25, 0.3) is 0 Å². The number of benzene rings is 3. The van der Waals surface area contributed by atoms with E-state index in [0.717, 1.165) is 27.7 Å². The van der Waals surface area contributed by atoms with Gasteiger partial charge < -0.3 is 19.2 Å². The third-order valence-corrected chi connectivity index (χ3v) is 19.0. The molecule has 51 heavy (non-hydrogen) atoms. The molecular weight excluding hydrogens is 700 g/mol. The van der Waals surface area contributed by atoms with Crippen LogP contribution in [0.1, 0.15) is 20.8 Å². The van der Waals surface area contributed by atoms with E-state index in [1.165, 1.54) is 17.1 Å². The van der Waals surface area contributed by atoms with Crippen molar-refractivity contribution < 1.29 is 33.1 Å². The topological polar surface area (TPSA) is 111 Å². The Balaban J connectivity index is 1.99. The van der Waals surface area contributed by atoms with Gasteiger partial charge in [-0.2, -0.15) is 0 Å². The Bertz CT molecular complexity index is 1680. The summed E-state index contributed by atoms with van der Waals surface area (Å²) in [6, 6.07) is 28.9. The molecule has 0 bridgehead atoms. The van der Waals surface area contributed by atoms with Crippen molar-refractivity contribution in [1.29, 1.82) is 0 Å². The minimum Gasteiger partial charge on any atom is -0.457 e. The van der Waals surface area contributed by atoms with Gasteiger partial charge in [-0.1, -0.05) is 149 Å². The predicted octanol–water partition coefficient (Wildman–Crippen LogP) is 5.82. The summed E-state index contributed by atoms with van der Waals surface area (Å²) in [6.45, 7) is 14.2. The minimum atomic E-state index is -3.19. The normalized spacial score (nSPS) is 16.0. The second-order valence-electron chi connectivity index (χ2n) is 13.4. The van der Waals surface area contributed by atoms with Crippen LogP contribution in [0, 0.1) is 5.92 Å². The van der Waals surface area contributed by atoms with Crippen LogP contribution in [0.2, 0.25) is 18.1 Å². The van der Waals surface area contributed by atoms with Crippen molar-refractivity contribution in [1.82, 2.24) is 10.2 Å². The number of carbonyl (C=O) groups excluding carboxylic acids is 4. The zero-order valence-electron chi connectivity index (χ0n) is 29.9. The molecule has 12 heteroatoms. The fourth-order valence-electron chi connectivity index (χ4n) is 5.42. The van der Waals surface area contributed by atoms with Crippen LogP contribution in [0.25, 0.3) is 0 Å². The second kappa shape index (κ2) is 17.4. The standard InChI is InChI=1S/C39H47N2O7PSSi/c1-8-25-46-37(44)35(49(29-19-13-10-14-20-29,30-21-15-11-16-22-30)31-23-17-12-18-24-31)41-34(43)32(28-48-51(6,7)39(3,4)5)36(41)50-33(42)27-40-38(45)47-26-9-2/h8-24,32,36H,1-2,25-28H2,3-7H3,(H,40,45)/t32-,36+/m0/s1. The number of hydrogen-bond acceptors (Lipinski definition) is 8. The number of thioether (sulfide) groups is 1. The van der Waals surface area contributed by atoms with Crippen molar-refractivity contribution in [2.75, 3.05) is 26.4 Å². The Kier molecular flexibility index (Phi) is 13.5. The molecule has 0 spiro atoms. The van der Waals surface area contributed by atoms with Crippen LogP contribution in [0.3, 0.4) is 0 Å². The van der Waals surface area contributed by atoms with Gasteiger partial charge in [-0.05, 0) is 34.0 Å². The maximum absolute atomic E-state index is 14.7. The molecule has 0 aromatic heterocycles. The Morgan fingerprint density at radius 2 is 1.31 bits per heavy atom. The summed E-state index contributed by atoms with van der Waals surface area (Å²) in [6.07, 6.45) is 2.13. The van der Waals surface area contributed by atoms with E-state index in [1.54, 1.807) is 0 Å². The van der Waals surface area contributed by atoms with Crippen LogP contribution in [0.15, 0.2) is 116 Å². The number of nitrogens with one attached hydrogen (secondary N) is 1. The average molecular weight is 747 g/mol. The van der Waals surface area contributed by atoms with Gasteiger partial charge in [0.05, 0.1) is 12.5 Å². The first-order chi connectivity index (χ1) is 24.3. The first-order valence-electron chi connectivity index (χ1n) is 16.7. The average Bonchev–Trinajstić information content (AvgIpc) is 3.12. The highest BCUT2D eigenvalue weighted by molar-refractivity contribution is 8.14. The van der Waals surface area contributed by atoms with Crippen LogP contribution >= 0.6 is 18.6 Å². The number of esters is 1. The number of hydrogen-bond donors (Lipinski definition) is 1. The van der Waals surface area contributed by atoms with Crippen molar-refractivity contribution in [3.63, 3.8) is 0 Å². The van der Waals surface area contributed by atoms with E-state index in [9.17, 15) is 19.2 Å². The molecule has 270 valence electrons. The van der Waals surface area contributed by atoms with Gasteiger partial charge in [-0.15, -0.1) is 0 Å². The van der Waals surface area contributed by atoms with Gasteiger partial charge >= 0.3 is 12.1 Å². The monoisotopic (exact) mass is 746 g/mol. The maximum Gasteiger partial charge on any atom is 0.407 e. The van der Waals surface area contributed by atoms with Gasteiger partial charge in [0.2, 0.25) is 11.0 Å². The first-order valence-corrected chi connectivity index (χ1v) is 22.3. The molecule has 3 aromatic carbocycles. The Labute approximate surface area is 306 Å². The molecule has 0 aliphatic carbocycles. The maximum atomic E-state index is 14.7. The summed E-state index contributed by atoms with van der Waals surface area (Å²) in [5.41, 5.74) is 0.144. The van der Waals surface area contributed by atoms with Gasteiger partial charge in [0, 0.05) is 13.5 Å². The highest BCUT2D eigenvalue weighted by atomic mass is 32.2. The van der Waals surface area contributed by atoms with Crippen molar-refractivity contribution in [2.24, 2.45) is 5.92 Å². The molecule has 0 radical (unpaired) electrons. The van der Waals surface area contributed by atoms with Gasteiger partial charge in [-0.25, -0.2) is 9.59 Å². The number of amides is 2. The lowest BCUT2D eigenvalue weighted by Crippen LogP contribution is -2.66. The van der Waals surface area contributed by atoms with Gasteiger partial charge in [-0.3, -0.25) is 14.5 Å². The van der Waals surface area contributed by atoms with E-state index in [-0.39, 0.29) is 42.7 Å². The molecule has 1 N–H and O–H groups in total. The molecule has 1 saturated heterocycles. The zero-order valence-corrected chi connectivity index (χ0v) is 32.6. The molecule has 4 rings (SSSR count). The highest BCUT2D eigenvalue weighted by Gasteiger charge is 2.55. The molecule has 2 amide bonds. The van der Waals surface area contributed by atoms with Crippen LogP contribution in [0.4, 0.5) is 4.79 Å². The van der Waals surface area contributed by atoms with Crippen molar-refractivity contribution >= 4 is 71.4 Å². The van der Waals surface area contributed by atoms with Crippen LogP contribution in [-0.2, 0) is 28.3 Å². The van der Waals surface area contributed by atoms with Crippen molar-refractivity contribution in [3.8, 4) is 0 Å². The lowest BCUT2D eigenvalue weighted by Gasteiger charge is -2.50. The predicted molar refractivity (Wildman–Crippen MR) is 211 cm³/mol. The van der Waals surface area contributed by atoms with E-state index in [1.807, 2.05) is 91.0 Å². The number of alkyl carbamates (subject to hydrolysis) is 1. The lowest BCUT2D eigenvalue weighted by molar-refractivity contribution is -0.148. The number of β-lactam (4-membered cyclic amide) rings is 1. The smallest absolute Gasteiger partial charge is 0.407 e. The van der Waals surface area contributed by atoms with E-state index in [2.05, 4.69) is 52.3 Å². The summed E-state index contributed by atoms with van der Waals surface area (Å²) in [4.78, 5) is 56.5. The third kappa shape index (κ3) is 8.84. The summed E-state index contributed by atoms with van der Waals surface area (Å²) in [5.74, 6) is -1.80. The Morgan fingerprint density at radius 1 is 0.843 bits per heavy atom. The summed E-state index contributed by atoms with van der Waals surface area (Å²) < 4.78 is 17.4. The van der Waals surface area contributed by atoms with Gasteiger partial charge in [0.15, 0.2) is 8.32 Å². The highest BCUT2D eigenvalue weighted by Crippen LogP contribution is 2.51. The van der Waals surface area contributed by atoms with Crippen molar-refractivity contribution in [3.05, 3.63) is 116 Å².